The molecule has 0 spiro atoms. The molecule has 4 atom stereocenters. The molecule has 1 aliphatic rings. The summed E-state index contributed by atoms with van der Waals surface area (Å²) in [6, 6.07) is 18.3. The number of carbonyl (C=O) groups is 4. The molecule has 0 fully saturated rings. The number of rotatable bonds is 13. The first-order valence-corrected chi connectivity index (χ1v) is 15.3. The number of allylic oxidation sites excluding steroid dienone is 2. The Balaban J connectivity index is 1.58. The fraction of sp³-hybridized carbons (Fsp3) is 0.471. The van der Waals surface area contributed by atoms with Gasteiger partial charge in [-0.1, -0.05) is 72.8 Å². The topological polar surface area (TPSA) is 143 Å². The highest BCUT2D eigenvalue weighted by Gasteiger charge is 2.27. The molecule has 0 aromatic heterocycles. The lowest BCUT2D eigenvalue weighted by Gasteiger charge is -2.24. The molecule has 10 heteroatoms. The summed E-state index contributed by atoms with van der Waals surface area (Å²) in [6.45, 7) is 2.08. The van der Waals surface area contributed by atoms with E-state index in [2.05, 4.69) is 16.0 Å². The van der Waals surface area contributed by atoms with Gasteiger partial charge in [0, 0.05) is 19.0 Å². The molecular weight excluding hydrogens is 562 g/mol. The zero-order chi connectivity index (χ0) is 31.6. The van der Waals surface area contributed by atoms with Crippen LogP contribution in [-0.4, -0.2) is 60.8 Å². The van der Waals surface area contributed by atoms with Crippen LogP contribution in [0.1, 0.15) is 56.6 Å². The Labute approximate surface area is 259 Å². The van der Waals surface area contributed by atoms with E-state index in [0.717, 1.165) is 11.1 Å². The number of cyclic esters (lactones) is 1. The van der Waals surface area contributed by atoms with Gasteiger partial charge < -0.3 is 30.5 Å². The molecule has 1 aliphatic heterocycles. The molecule has 44 heavy (non-hydrogen) atoms. The maximum absolute atomic E-state index is 13.3. The molecule has 0 aliphatic carbocycles. The van der Waals surface area contributed by atoms with E-state index in [1.807, 2.05) is 72.8 Å². The largest absolute Gasteiger partial charge is 0.463 e. The first-order chi connectivity index (χ1) is 21.3. The Morgan fingerprint density at radius 3 is 2.32 bits per heavy atom. The van der Waals surface area contributed by atoms with Crippen molar-refractivity contribution in [2.45, 2.75) is 70.6 Å². The molecule has 0 radical (unpaired) electrons. The van der Waals surface area contributed by atoms with Gasteiger partial charge in [-0.3, -0.25) is 14.4 Å². The van der Waals surface area contributed by atoms with E-state index in [9.17, 15) is 24.3 Å². The Kier molecular flexibility index (Phi) is 14.9. The zero-order valence-corrected chi connectivity index (χ0v) is 25.4. The smallest absolute Gasteiger partial charge is 0.407 e. The minimum atomic E-state index is -0.622. The molecule has 0 saturated heterocycles. The maximum atomic E-state index is 13.3. The molecule has 2 aromatic carbocycles. The second-order valence-electron chi connectivity index (χ2n) is 11.2. The second-order valence-corrected chi connectivity index (χ2v) is 11.2. The van der Waals surface area contributed by atoms with Gasteiger partial charge in [-0.15, -0.1) is 0 Å². The van der Waals surface area contributed by atoms with Crippen LogP contribution in [0.15, 0.2) is 72.8 Å². The number of ether oxygens (including phenoxy) is 2. The fourth-order valence-corrected chi connectivity index (χ4v) is 4.87. The van der Waals surface area contributed by atoms with Crippen LogP contribution < -0.4 is 16.0 Å². The fourth-order valence-electron chi connectivity index (χ4n) is 4.87. The molecule has 3 rings (SSSR count). The van der Waals surface area contributed by atoms with Crippen molar-refractivity contribution in [3.63, 3.8) is 0 Å². The molecule has 10 nitrogen and oxygen atoms in total. The number of carbonyl (C=O) groups excluding carboxylic acids is 4. The minimum Gasteiger partial charge on any atom is -0.463 e. The van der Waals surface area contributed by atoms with Crippen molar-refractivity contribution in [3.8, 4) is 0 Å². The van der Waals surface area contributed by atoms with Crippen molar-refractivity contribution in [1.82, 2.24) is 16.0 Å². The zero-order valence-electron chi connectivity index (χ0n) is 25.4. The highest BCUT2D eigenvalue weighted by atomic mass is 16.5. The van der Waals surface area contributed by atoms with Gasteiger partial charge in [0.2, 0.25) is 11.8 Å². The highest BCUT2D eigenvalue weighted by molar-refractivity contribution is 5.86. The van der Waals surface area contributed by atoms with E-state index in [4.69, 9.17) is 9.47 Å². The van der Waals surface area contributed by atoms with Crippen LogP contribution in [0.3, 0.4) is 0 Å². The Morgan fingerprint density at radius 1 is 0.977 bits per heavy atom. The quantitative estimate of drug-likeness (QED) is 0.154. The lowest BCUT2D eigenvalue weighted by atomic mass is 9.94. The summed E-state index contributed by atoms with van der Waals surface area (Å²) in [5.74, 6) is -1.95. The van der Waals surface area contributed by atoms with Crippen molar-refractivity contribution in [2.75, 3.05) is 19.8 Å². The molecule has 3 amide bonds. The van der Waals surface area contributed by atoms with Crippen LogP contribution in [0.25, 0.3) is 0 Å². The van der Waals surface area contributed by atoms with Gasteiger partial charge in [-0.25, -0.2) is 4.79 Å². The second kappa shape index (κ2) is 19.2. The summed E-state index contributed by atoms with van der Waals surface area (Å²) in [5.41, 5.74) is 1.93. The Hall–Kier alpha value is -4.18. The monoisotopic (exact) mass is 607 g/mol. The average molecular weight is 608 g/mol. The normalized spacial score (nSPS) is 19.8. The lowest BCUT2D eigenvalue weighted by molar-refractivity contribution is -0.150. The molecule has 4 unspecified atom stereocenters. The molecule has 4 N–H and O–H groups in total. The van der Waals surface area contributed by atoms with Crippen LogP contribution in [0.4, 0.5) is 4.79 Å². The summed E-state index contributed by atoms with van der Waals surface area (Å²) in [5, 5.41) is 17.7. The summed E-state index contributed by atoms with van der Waals surface area (Å²) in [7, 11) is 0. The molecule has 0 saturated carbocycles. The third kappa shape index (κ3) is 13.0. The van der Waals surface area contributed by atoms with E-state index in [-0.39, 0.29) is 49.9 Å². The van der Waals surface area contributed by atoms with Crippen molar-refractivity contribution in [3.05, 3.63) is 83.9 Å². The van der Waals surface area contributed by atoms with Crippen LogP contribution in [0, 0.1) is 11.8 Å². The molecule has 2 aromatic rings. The molecule has 238 valence electrons. The third-order valence-electron chi connectivity index (χ3n) is 7.38. The summed E-state index contributed by atoms with van der Waals surface area (Å²) < 4.78 is 11.0. The van der Waals surface area contributed by atoms with Crippen LogP contribution >= 0.6 is 0 Å². The number of aliphatic hydroxyl groups excluding tert-OH is 1. The third-order valence-corrected chi connectivity index (χ3v) is 7.38. The van der Waals surface area contributed by atoms with Gasteiger partial charge in [0.15, 0.2) is 0 Å². The SMILES string of the molecule is CC(CO)NC(=O)CC1CC=CCC(Cc2ccccc2)C(=O)OCC(CCCCNC(=O)OCc2ccccc2)NC1=O. The van der Waals surface area contributed by atoms with Crippen molar-refractivity contribution >= 4 is 23.9 Å². The lowest BCUT2D eigenvalue weighted by Crippen LogP contribution is -2.44. The minimum absolute atomic E-state index is 0.00653. The van der Waals surface area contributed by atoms with Gasteiger partial charge in [0.25, 0.3) is 0 Å². The number of nitrogens with one attached hydrogen (secondary N) is 3. The van der Waals surface area contributed by atoms with E-state index in [0.29, 0.717) is 45.1 Å². The summed E-state index contributed by atoms with van der Waals surface area (Å²) in [6.07, 6.45) is 6.29. The van der Waals surface area contributed by atoms with Crippen molar-refractivity contribution in [2.24, 2.45) is 11.8 Å². The Morgan fingerprint density at radius 2 is 1.64 bits per heavy atom. The standard InChI is InChI=1S/C34H45N3O7/c1-25(22-38)36-31(39)21-28-16-8-9-17-29(20-26-12-4-2-5-13-26)33(41)43-24-30(37-32(28)40)18-10-11-19-35-34(42)44-23-27-14-6-3-7-15-27/h2-9,12-15,25,28-30,38H,10-11,16-24H2,1H3,(H,35,42)(H,36,39)(H,37,40). The van der Waals surface area contributed by atoms with Gasteiger partial charge in [0.05, 0.1) is 24.5 Å². The van der Waals surface area contributed by atoms with E-state index in [1.165, 1.54) is 0 Å². The number of amides is 3. The Bertz CT molecular complexity index is 1210. The average Bonchev–Trinajstić information content (AvgIpc) is 3.03. The molecule has 0 bridgehead atoms. The number of benzene rings is 2. The predicted molar refractivity (Wildman–Crippen MR) is 166 cm³/mol. The molecular formula is C34H45N3O7. The van der Waals surface area contributed by atoms with Gasteiger partial charge >= 0.3 is 12.1 Å². The first-order valence-electron chi connectivity index (χ1n) is 15.3. The van der Waals surface area contributed by atoms with Gasteiger partial charge in [0.1, 0.15) is 13.2 Å². The predicted octanol–water partition coefficient (Wildman–Crippen LogP) is 3.82. The van der Waals surface area contributed by atoms with E-state index >= 15 is 0 Å². The van der Waals surface area contributed by atoms with E-state index in [1.54, 1.807) is 6.92 Å². The summed E-state index contributed by atoms with van der Waals surface area (Å²) >= 11 is 0. The highest BCUT2D eigenvalue weighted by Crippen LogP contribution is 2.19. The number of esters is 1. The number of aliphatic hydroxyl groups is 1. The van der Waals surface area contributed by atoms with E-state index < -0.39 is 24.1 Å². The number of alkyl carbamates (subject to hydrolysis) is 1. The van der Waals surface area contributed by atoms with Crippen LogP contribution in [-0.2, 0) is 36.9 Å². The molecule has 1 heterocycles. The van der Waals surface area contributed by atoms with Crippen LogP contribution in [0.2, 0.25) is 0 Å². The summed E-state index contributed by atoms with van der Waals surface area (Å²) in [4.78, 5) is 51.0. The van der Waals surface area contributed by atoms with Gasteiger partial charge in [-0.2, -0.15) is 0 Å². The number of unbranched alkanes of at least 4 members (excludes halogenated alkanes) is 1. The van der Waals surface area contributed by atoms with Crippen molar-refractivity contribution < 1.29 is 33.8 Å². The van der Waals surface area contributed by atoms with Crippen molar-refractivity contribution in [1.29, 1.82) is 0 Å². The van der Waals surface area contributed by atoms with Crippen LogP contribution in [0.5, 0.6) is 0 Å². The first kappa shape index (κ1) is 34.3. The number of hydrogen-bond acceptors (Lipinski definition) is 7. The van der Waals surface area contributed by atoms with Gasteiger partial charge in [-0.05, 0) is 56.6 Å². The maximum Gasteiger partial charge on any atom is 0.407 e. The number of hydrogen-bond donors (Lipinski definition) is 4.